The van der Waals surface area contributed by atoms with Gasteiger partial charge >= 0.3 is 0 Å². The molecule has 4 rings (SSSR count). The zero-order valence-electron chi connectivity index (χ0n) is 15.4. The van der Waals surface area contributed by atoms with Crippen LogP contribution in [-0.2, 0) is 4.74 Å². The molecule has 0 aliphatic carbocycles. The average molecular weight is 353 g/mol. The van der Waals surface area contributed by atoms with Crippen LogP contribution >= 0.6 is 0 Å². The van der Waals surface area contributed by atoms with Gasteiger partial charge in [-0.2, -0.15) is 4.98 Å². The van der Waals surface area contributed by atoms with Gasteiger partial charge in [0.2, 0.25) is 5.95 Å². The molecule has 2 saturated heterocycles. The normalized spacial score (nSPS) is 19.7. The molecule has 138 valence electrons. The van der Waals surface area contributed by atoms with Gasteiger partial charge in [0.25, 0.3) is 0 Å². The number of nitrogens with zero attached hydrogens (tertiary/aromatic N) is 4. The van der Waals surface area contributed by atoms with Crippen LogP contribution in [0.5, 0.6) is 0 Å². The molecule has 0 spiro atoms. The maximum Gasteiger partial charge on any atom is 0.222 e. The van der Waals surface area contributed by atoms with Crippen molar-refractivity contribution >= 4 is 11.8 Å². The minimum Gasteiger partial charge on any atom is -0.378 e. The first-order valence-corrected chi connectivity index (χ1v) is 9.52. The maximum atomic E-state index is 6.01. The molecule has 0 amide bonds. The van der Waals surface area contributed by atoms with Gasteiger partial charge in [-0.05, 0) is 44.5 Å². The maximum absolute atomic E-state index is 6.01. The third-order valence-corrected chi connectivity index (χ3v) is 5.42. The monoisotopic (exact) mass is 353 g/mol. The summed E-state index contributed by atoms with van der Waals surface area (Å²) in [5.41, 5.74) is 9.32. The lowest BCUT2D eigenvalue weighted by Gasteiger charge is -2.28. The molecule has 26 heavy (non-hydrogen) atoms. The summed E-state index contributed by atoms with van der Waals surface area (Å²) in [5.74, 6) is 1.20. The number of ether oxygens (including phenoxy) is 1. The molecule has 3 heterocycles. The number of nitrogen functional groups attached to an aromatic ring is 1. The van der Waals surface area contributed by atoms with Crippen LogP contribution in [0.2, 0.25) is 0 Å². The van der Waals surface area contributed by atoms with Gasteiger partial charge < -0.3 is 15.4 Å². The van der Waals surface area contributed by atoms with Crippen LogP contribution in [0.1, 0.15) is 31.4 Å². The Labute approximate surface area is 155 Å². The molecule has 1 unspecified atom stereocenters. The zero-order valence-corrected chi connectivity index (χ0v) is 15.4. The van der Waals surface area contributed by atoms with Crippen LogP contribution in [0, 0.1) is 0 Å². The van der Waals surface area contributed by atoms with E-state index in [-0.39, 0.29) is 0 Å². The van der Waals surface area contributed by atoms with Crippen molar-refractivity contribution in [2.24, 2.45) is 0 Å². The Morgan fingerprint density at radius 3 is 2.58 bits per heavy atom. The molecule has 0 bridgehead atoms. The lowest BCUT2D eigenvalue weighted by Crippen LogP contribution is -2.36. The molecule has 6 heteroatoms. The molecular formula is C20H27N5O. The Bertz CT molecular complexity index is 754. The summed E-state index contributed by atoms with van der Waals surface area (Å²) in [6, 6.07) is 11.1. The molecule has 2 aliphatic heterocycles. The van der Waals surface area contributed by atoms with Crippen molar-refractivity contribution < 1.29 is 4.74 Å². The van der Waals surface area contributed by atoms with Crippen molar-refractivity contribution in [3.8, 4) is 11.3 Å². The van der Waals surface area contributed by atoms with Gasteiger partial charge in [-0.25, -0.2) is 4.98 Å². The second-order valence-electron chi connectivity index (χ2n) is 7.11. The van der Waals surface area contributed by atoms with Crippen LogP contribution in [0.3, 0.4) is 0 Å². The molecule has 2 aliphatic rings. The minimum absolute atomic E-state index is 0.321. The van der Waals surface area contributed by atoms with E-state index >= 15 is 0 Å². The Balaban J connectivity index is 1.62. The number of morpholine rings is 1. The smallest absolute Gasteiger partial charge is 0.222 e. The molecule has 1 aromatic carbocycles. The van der Waals surface area contributed by atoms with E-state index in [4.69, 9.17) is 10.5 Å². The van der Waals surface area contributed by atoms with E-state index < -0.39 is 0 Å². The van der Waals surface area contributed by atoms with E-state index in [1.807, 2.05) is 6.07 Å². The highest BCUT2D eigenvalue weighted by molar-refractivity contribution is 5.65. The molecule has 6 nitrogen and oxygen atoms in total. The predicted molar refractivity (Wildman–Crippen MR) is 104 cm³/mol. The largest absolute Gasteiger partial charge is 0.378 e. The highest BCUT2D eigenvalue weighted by Gasteiger charge is 2.20. The highest BCUT2D eigenvalue weighted by Crippen LogP contribution is 2.29. The molecule has 0 saturated carbocycles. The third kappa shape index (κ3) is 3.66. The molecule has 2 aromatic rings. The van der Waals surface area contributed by atoms with E-state index in [1.54, 1.807) is 0 Å². The summed E-state index contributed by atoms with van der Waals surface area (Å²) in [7, 11) is 0. The van der Waals surface area contributed by atoms with E-state index in [1.165, 1.54) is 31.5 Å². The van der Waals surface area contributed by atoms with Crippen molar-refractivity contribution in [2.45, 2.75) is 25.8 Å². The van der Waals surface area contributed by atoms with E-state index in [2.05, 4.69) is 51.0 Å². The SMILES string of the molecule is CC(c1cccc(-c2cc(N3CCOCC3)nc(N)n2)c1)N1CCCC1. The van der Waals surface area contributed by atoms with Gasteiger partial charge in [0, 0.05) is 30.8 Å². The number of nitrogens with two attached hydrogens (primary N) is 1. The molecule has 0 radical (unpaired) electrons. The quantitative estimate of drug-likeness (QED) is 0.912. The second kappa shape index (κ2) is 7.60. The van der Waals surface area contributed by atoms with E-state index in [9.17, 15) is 0 Å². The number of hydrogen-bond acceptors (Lipinski definition) is 6. The first-order valence-electron chi connectivity index (χ1n) is 9.52. The summed E-state index contributed by atoms with van der Waals surface area (Å²) >= 11 is 0. The summed E-state index contributed by atoms with van der Waals surface area (Å²) in [6.45, 7) is 7.78. The van der Waals surface area contributed by atoms with E-state index in [0.717, 1.165) is 43.4 Å². The predicted octanol–water partition coefficient (Wildman–Crippen LogP) is 2.72. The summed E-state index contributed by atoms with van der Waals surface area (Å²) in [5, 5.41) is 0. The fourth-order valence-corrected chi connectivity index (χ4v) is 3.85. The van der Waals surface area contributed by atoms with Gasteiger partial charge in [0.05, 0.1) is 18.9 Å². The van der Waals surface area contributed by atoms with Gasteiger partial charge in [0.1, 0.15) is 5.82 Å². The lowest BCUT2D eigenvalue weighted by molar-refractivity contribution is 0.122. The van der Waals surface area contributed by atoms with Crippen LogP contribution in [0.25, 0.3) is 11.3 Å². The summed E-state index contributed by atoms with van der Waals surface area (Å²) < 4.78 is 5.44. The molecular weight excluding hydrogens is 326 g/mol. The van der Waals surface area contributed by atoms with Crippen molar-refractivity contribution in [1.29, 1.82) is 0 Å². The minimum atomic E-state index is 0.321. The number of likely N-dealkylation sites (tertiary alicyclic amines) is 1. The Morgan fingerprint density at radius 2 is 1.81 bits per heavy atom. The van der Waals surface area contributed by atoms with Crippen LogP contribution in [0.15, 0.2) is 30.3 Å². The average Bonchev–Trinajstić information content (AvgIpc) is 3.22. The van der Waals surface area contributed by atoms with Crippen molar-refractivity contribution in [3.63, 3.8) is 0 Å². The van der Waals surface area contributed by atoms with Crippen molar-refractivity contribution in [2.75, 3.05) is 50.0 Å². The number of rotatable bonds is 4. The fraction of sp³-hybridized carbons (Fsp3) is 0.500. The van der Waals surface area contributed by atoms with Gasteiger partial charge in [-0.1, -0.05) is 18.2 Å². The topological polar surface area (TPSA) is 67.5 Å². The summed E-state index contributed by atoms with van der Waals surface area (Å²) in [4.78, 5) is 13.7. The Morgan fingerprint density at radius 1 is 1.04 bits per heavy atom. The molecule has 1 atom stereocenters. The van der Waals surface area contributed by atoms with Crippen molar-refractivity contribution in [3.05, 3.63) is 35.9 Å². The van der Waals surface area contributed by atoms with Crippen molar-refractivity contribution in [1.82, 2.24) is 14.9 Å². The molecule has 1 aromatic heterocycles. The summed E-state index contributed by atoms with van der Waals surface area (Å²) in [6.07, 6.45) is 2.60. The van der Waals surface area contributed by atoms with Gasteiger partial charge in [0.15, 0.2) is 0 Å². The molecule has 2 N–H and O–H groups in total. The molecule has 2 fully saturated rings. The number of benzene rings is 1. The highest BCUT2D eigenvalue weighted by atomic mass is 16.5. The van der Waals surface area contributed by atoms with Crippen LogP contribution < -0.4 is 10.6 Å². The number of hydrogen-bond donors (Lipinski definition) is 1. The Hall–Kier alpha value is -2.18. The first-order chi connectivity index (χ1) is 12.7. The third-order valence-electron chi connectivity index (χ3n) is 5.42. The number of anilines is 2. The zero-order chi connectivity index (χ0) is 17.9. The van der Waals surface area contributed by atoms with E-state index in [0.29, 0.717) is 12.0 Å². The first kappa shape index (κ1) is 17.2. The van der Waals surface area contributed by atoms with Crippen LogP contribution in [0.4, 0.5) is 11.8 Å². The Kier molecular flexibility index (Phi) is 5.04. The second-order valence-corrected chi connectivity index (χ2v) is 7.11. The fourth-order valence-electron chi connectivity index (χ4n) is 3.85. The lowest BCUT2D eigenvalue weighted by atomic mass is 10.0. The standard InChI is InChI=1S/C20H27N5O/c1-15(24-7-2-3-8-24)16-5-4-6-17(13-16)18-14-19(23-20(21)22-18)25-9-11-26-12-10-25/h4-6,13-15H,2-3,7-12H2,1H3,(H2,21,22,23). The van der Waals surface area contributed by atoms with Gasteiger partial charge in [-0.15, -0.1) is 0 Å². The van der Waals surface area contributed by atoms with Gasteiger partial charge in [-0.3, -0.25) is 4.90 Å². The number of aromatic nitrogens is 2. The van der Waals surface area contributed by atoms with Crippen LogP contribution in [-0.4, -0.2) is 54.3 Å².